The summed E-state index contributed by atoms with van der Waals surface area (Å²) in [5, 5.41) is 7.25. The van der Waals surface area contributed by atoms with Crippen molar-refractivity contribution in [2.45, 2.75) is 0 Å². The van der Waals surface area contributed by atoms with E-state index in [9.17, 15) is 4.39 Å². The Hall–Kier alpha value is -2.57. The maximum absolute atomic E-state index is 13.1. The third-order valence-corrected chi connectivity index (χ3v) is 2.29. The van der Waals surface area contributed by atoms with Gasteiger partial charge < -0.3 is 5.73 Å². The van der Waals surface area contributed by atoms with Crippen LogP contribution in [0, 0.1) is 5.82 Å². The summed E-state index contributed by atoms with van der Waals surface area (Å²) in [6.07, 6.45) is 4.06. The fraction of sp³-hybridized carbons (Fsp3) is 0. The van der Waals surface area contributed by atoms with Gasteiger partial charge in [0.2, 0.25) is 0 Å². The molecule has 0 atom stereocenters. The molecule has 0 unspecified atom stereocenters. The van der Waals surface area contributed by atoms with Gasteiger partial charge in [0, 0.05) is 0 Å². The van der Waals surface area contributed by atoms with E-state index in [1.807, 2.05) is 0 Å². The standard InChI is InChI=1S/C10H7FN6/c11-5-1-6-9(16-17-10(6)14-2-5)7-3-13-4-8(12)15-7/h1-4H,(H2,12,15)(H,14,16,17). The highest BCUT2D eigenvalue weighted by Gasteiger charge is 2.11. The van der Waals surface area contributed by atoms with Crippen molar-refractivity contribution in [3.05, 3.63) is 30.5 Å². The minimum atomic E-state index is -0.433. The van der Waals surface area contributed by atoms with Crippen molar-refractivity contribution < 1.29 is 4.39 Å². The monoisotopic (exact) mass is 230 g/mol. The molecule has 0 amide bonds. The maximum Gasteiger partial charge on any atom is 0.181 e. The molecule has 84 valence electrons. The number of fused-ring (bicyclic) bond motifs is 1. The fourth-order valence-corrected chi connectivity index (χ4v) is 1.57. The zero-order valence-electron chi connectivity index (χ0n) is 8.55. The largest absolute Gasteiger partial charge is 0.382 e. The van der Waals surface area contributed by atoms with Crippen LogP contribution in [-0.2, 0) is 0 Å². The zero-order valence-corrected chi connectivity index (χ0v) is 8.55. The molecule has 3 heterocycles. The summed E-state index contributed by atoms with van der Waals surface area (Å²) in [5.41, 5.74) is 7.01. The summed E-state index contributed by atoms with van der Waals surface area (Å²) in [5.74, 6) is -0.147. The second kappa shape index (κ2) is 3.48. The van der Waals surface area contributed by atoms with Crippen molar-refractivity contribution >= 4 is 16.9 Å². The Labute approximate surface area is 94.7 Å². The molecule has 0 bridgehead atoms. The molecule has 7 heteroatoms. The Morgan fingerprint density at radius 1 is 1.24 bits per heavy atom. The van der Waals surface area contributed by atoms with E-state index in [2.05, 4.69) is 25.1 Å². The average Bonchev–Trinajstić information content (AvgIpc) is 2.71. The molecule has 3 aromatic rings. The summed E-state index contributed by atoms with van der Waals surface area (Å²) in [4.78, 5) is 11.9. The highest BCUT2D eigenvalue weighted by Crippen LogP contribution is 2.23. The van der Waals surface area contributed by atoms with E-state index in [1.165, 1.54) is 18.5 Å². The van der Waals surface area contributed by atoms with Crippen LogP contribution in [-0.4, -0.2) is 25.1 Å². The molecule has 6 nitrogen and oxygen atoms in total. The third-order valence-electron chi connectivity index (χ3n) is 2.29. The molecule has 0 saturated heterocycles. The average molecular weight is 230 g/mol. The van der Waals surface area contributed by atoms with Gasteiger partial charge >= 0.3 is 0 Å². The van der Waals surface area contributed by atoms with Crippen molar-refractivity contribution in [1.82, 2.24) is 25.1 Å². The quantitative estimate of drug-likeness (QED) is 0.653. The summed E-state index contributed by atoms with van der Waals surface area (Å²) >= 11 is 0. The number of H-pyrrole nitrogens is 1. The molecular formula is C10H7FN6. The van der Waals surface area contributed by atoms with Gasteiger partial charge in [0.1, 0.15) is 17.3 Å². The molecule has 3 aromatic heterocycles. The SMILES string of the molecule is Nc1cncc(-c2[nH]nc3ncc(F)cc23)n1. The predicted molar refractivity (Wildman–Crippen MR) is 59.3 cm³/mol. The molecule has 3 rings (SSSR count). The Bertz CT molecular complexity index is 692. The lowest BCUT2D eigenvalue weighted by Gasteiger charge is -1.98. The van der Waals surface area contributed by atoms with Crippen LogP contribution < -0.4 is 5.73 Å². The van der Waals surface area contributed by atoms with Gasteiger partial charge in [0.15, 0.2) is 5.65 Å². The number of aromatic amines is 1. The van der Waals surface area contributed by atoms with Gasteiger partial charge in [-0.05, 0) is 6.07 Å². The molecule has 3 N–H and O–H groups in total. The molecule has 0 aromatic carbocycles. The van der Waals surface area contributed by atoms with Crippen LogP contribution in [0.15, 0.2) is 24.7 Å². The van der Waals surface area contributed by atoms with Gasteiger partial charge in [-0.15, -0.1) is 0 Å². The second-order valence-electron chi connectivity index (χ2n) is 3.45. The first-order valence-electron chi connectivity index (χ1n) is 4.81. The number of halogens is 1. The van der Waals surface area contributed by atoms with Crippen LogP contribution in [0.2, 0.25) is 0 Å². The minimum absolute atomic E-state index is 0.287. The Balaban J connectivity index is 2.27. The highest BCUT2D eigenvalue weighted by molar-refractivity contribution is 5.89. The fourth-order valence-electron chi connectivity index (χ4n) is 1.57. The minimum Gasteiger partial charge on any atom is -0.382 e. The van der Waals surface area contributed by atoms with Crippen LogP contribution in [0.3, 0.4) is 0 Å². The first kappa shape index (κ1) is 9.64. The molecule has 0 fully saturated rings. The van der Waals surface area contributed by atoms with E-state index in [0.717, 1.165) is 6.20 Å². The molecule has 0 saturated carbocycles. The van der Waals surface area contributed by atoms with E-state index in [1.54, 1.807) is 0 Å². The Morgan fingerprint density at radius 3 is 2.94 bits per heavy atom. The van der Waals surface area contributed by atoms with Crippen molar-refractivity contribution in [3.63, 3.8) is 0 Å². The molecule has 0 spiro atoms. The predicted octanol–water partition coefficient (Wildman–Crippen LogP) is 1.14. The number of nitrogen functional groups attached to an aromatic ring is 1. The number of rotatable bonds is 1. The smallest absolute Gasteiger partial charge is 0.181 e. The first-order valence-corrected chi connectivity index (χ1v) is 4.81. The molecule has 0 aliphatic carbocycles. The molecule has 0 aliphatic rings. The number of nitrogens with two attached hydrogens (primary N) is 1. The van der Waals surface area contributed by atoms with Gasteiger partial charge in [-0.25, -0.2) is 14.4 Å². The van der Waals surface area contributed by atoms with Gasteiger partial charge in [0.05, 0.1) is 29.7 Å². The van der Waals surface area contributed by atoms with Crippen LogP contribution in [0.1, 0.15) is 0 Å². The first-order chi connectivity index (χ1) is 8.24. The summed E-state index contributed by atoms with van der Waals surface area (Å²) in [6, 6.07) is 1.34. The number of hydrogen-bond acceptors (Lipinski definition) is 5. The molecule has 0 radical (unpaired) electrons. The summed E-state index contributed by atoms with van der Waals surface area (Å²) in [7, 11) is 0. The number of nitrogens with one attached hydrogen (secondary N) is 1. The van der Waals surface area contributed by atoms with E-state index < -0.39 is 5.82 Å². The topological polar surface area (TPSA) is 93.4 Å². The van der Waals surface area contributed by atoms with Crippen molar-refractivity contribution in [3.8, 4) is 11.4 Å². The maximum atomic E-state index is 13.1. The summed E-state index contributed by atoms with van der Waals surface area (Å²) in [6.45, 7) is 0. The highest BCUT2D eigenvalue weighted by atomic mass is 19.1. The number of hydrogen-bond donors (Lipinski definition) is 2. The number of aromatic nitrogens is 5. The van der Waals surface area contributed by atoms with Crippen LogP contribution in [0.4, 0.5) is 10.2 Å². The van der Waals surface area contributed by atoms with Crippen molar-refractivity contribution in [2.24, 2.45) is 0 Å². The van der Waals surface area contributed by atoms with Crippen LogP contribution in [0.5, 0.6) is 0 Å². The molecule has 17 heavy (non-hydrogen) atoms. The van der Waals surface area contributed by atoms with Crippen LogP contribution >= 0.6 is 0 Å². The summed E-state index contributed by atoms with van der Waals surface area (Å²) < 4.78 is 13.1. The normalized spacial score (nSPS) is 10.9. The van der Waals surface area contributed by atoms with Gasteiger partial charge in [0.25, 0.3) is 0 Å². The van der Waals surface area contributed by atoms with E-state index in [4.69, 9.17) is 5.73 Å². The number of nitrogens with zero attached hydrogens (tertiary/aromatic N) is 4. The molecular weight excluding hydrogens is 223 g/mol. The van der Waals surface area contributed by atoms with Gasteiger partial charge in [-0.1, -0.05) is 0 Å². The Morgan fingerprint density at radius 2 is 2.12 bits per heavy atom. The van der Waals surface area contributed by atoms with Crippen LogP contribution in [0.25, 0.3) is 22.4 Å². The van der Waals surface area contributed by atoms with E-state index in [0.29, 0.717) is 22.4 Å². The van der Waals surface area contributed by atoms with Crippen molar-refractivity contribution in [2.75, 3.05) is 5.73 Å². The van der Waals surface area contributed by atoms with Gasteiger partial charge in [-0.2, -0.15) is 5.10 Å². The third kappa shape index (κ3) is 1.57. The lowest BCUT2D eigenvalue weighted by atomic mass is 10.2. The van der Waals surface area contributed by atoms with Gasteiger partial charge in [-0.3, -0.25) is 10.1 Å². The second-order valence-corrected chi connectivity index (χ2v) is 3.45. The Kier molecular flexibility index (Phi) is 1.97. The molecule has 0 aliphatic heterocycles. The zero-order chi connectivity index (χ0) is 11.8. The van der Waals surface area contributed by atoms with Crippen molar-refractivity contribution in [1.29, 1.82) is 0 Å². The number of pyridine rings is 1. The number of anilines is 1. The lowest BCUT2D eigenvalue weighted by Crippen LogP contribution is -1.94. The van der Waals surface area contributed by atoms with E-state index in [-0.39, 0.29) is 5.82 Å². The van der Waals surface area contributed by atoms with E-state index >= 15 is 0 Å². The lowest BCUT2D eigenvalue weighted by molar-refractivity contribution is 0.624.